The van der Waals surface area contributed by atoms with Gasteiger partial charge < -0.3 is 0 Å². The Labute approximate surface area is 113 Å². The molecule has 0 fully saturated rings. The van der Waals surface area contributed by atoms with Gasteiger partial charge in [0.1, 0.15) is 6.34 Å². The molecule has 0 N–H and O–H groups in total. The summed E-state index contributed by atoms with van der Waals surface area (Å²) in [5.41, 5.74) is 1.74. The summed E-state index contributed by atoms with van der Waals surface area (Å²) in [7, 11) is 0. The number of hydrogen-bond donors (Lipinski definition) is 0. The summed E-state index contributed by atoms with van der Waals surface area (Å²) < 4.78 is 0. The van der Waals surface area contributed by atoms with Crippen LogP contribution in [0.3, 0.4) is 0 Å². The predicted molar refractivity (Wildman–Crippen MR) is 89.1 cm³/mol. The zero-order valence-corrected chi connectivity index (χ0v) is 12.9. The monoisotopic (exact) mass is 251 g/mol. The lowest BCUT2D eigenvalue weighted by molar-refractivity contribution is 1.33. The van der Waals surface area contributed by atoms with Crippen LogP contribution in [0.1, 0.15) is 41.5 Å². The first-order valence-corrected chi connectivity index (χ1v) is 5.96. The SMILES string of the molecule is C=N/C=C\C(=C)C.C=NC=NC(=C)C.CC.CC. The lowest BCUT2D eigenvalue weighted by Gasteiger charge is -1.77. The quantitative estimate of drug-likeness (QED) is 0.380. The van der Waals surface area contributed by atoms with E-state index in [1.165, 1.54) is 6.34 Å². The van der Waals surface area contributed by atoms with E-state index in [9.17, 15) is 0 Å². The molecule has 0 heterocycles. The first-order chi connectivity index (χ1) is 8.54. The second kappa shape index (κ2) is 29.5. The van der Waals surface area contributed by atoms with Crippen LogP contribution in [0.2, 0.25) is 0 Å². The molecule has 0 saturated carbocycles. The predicted octanol–water partition coefficient (Wildman–Crippen LogP) is 5.08. The first kappa shape index (κ1) is 25.2. The fourth-order valence-corrected chi connectivity index (χ4v) is 0.319. The summed E-state index contributed by atoms with van der Waals surface area (Å²) in [6.45, 7) is 25.3. The third kappa shape index (κ3) is 64.2. The Hall–Kier alpha value is -1.77. The molecule has 104 valence electrons. The highest BCUT2D eigenvalue weighted by Crippen LogP contribution is 1.86. The van der Waals surface area contributed by atoms with Crippen molar-refractivity contribution in [3.05, 3.63) is 36.7 Å². The molecule has 0 aromatic rings. The molecule has 0 spiro atoms. The number of rotatable bonds is 4. The molecule has 0 aromatic heterocycles. The van der Waals surface area contributed by atoms with Crippen molar-refractivity contribution in [3.63, 3.8) is 0 Å². The van der Waals surface area contributed by atoms with Gasteiger partial charge in [-0.05, 0) is 33.4 Å². The second-order valence-corrected chi connectivity index (χ2v) is 2.51. The molecule has 0 rings (SSSR count). The lowest BCUT2D eigenvalue weighted by atomic mass is 10.3. The van der Waals surface area contributed by atoms with Crippen molar-refractivity contribution in [1.82, 2.24) is 0 Å². The molecule has 0 amide bonds. The van der Waals surface area contributed by atoms with Gasteiger partial charge in [-0.1, -0.05) is 46.4 Å². The Bertz CT molecular complexity index is 233. The van der Waals surface area contributed by atoms with Gasteiger partial charge in [0.25, 0.3) is 0 Å². The summed E-state index contributed by atoms with van der Waals surface area (Å²) in [5, 5.41) is 0. The van der Waals surface area contributed by atoms with Crippen LogP contribution in [-0.2, 0) is 0 Å². The van der Waals surface area contributed by atoms with Gasteiger partial charge in [-0.2, -0.15) is 0 Å². The van der Waals surface area contributed by atoms with Gasteiger partial charge in [0.2, 0.25) is 0 Å². The Morgan fingerprint density at radius 2 is 1.33 bits per heavy atom. The van der Waals surface area contributed by atoms with Gasteiger partial charge in [-0.15, -0.1) is 0 Å². The summed E-state index contributed by atoms with van der Waals surface area (Å²) in [4.78, 5) is 10.6. The van der Waals surface area contributed by atoms with Crippen molar-refractivity contribution in [2.75, 3.05) is 0 Å². The van der Waals surface area contributed by atoms with E-state index in [2.05, 4.69) is 41.6 Å². The molecule has 3 nitrogen and oxygen atoms in total. The minimum absolute atomic E-state index is 0.743. The van der Waals surface area contributed by atoms with Gasteiger partial charge in [-0.25, -0.2) is 4.99 Å². The van der Waals surface area contributed by atoms with E-state index < -0.39 is 0 Å². The van der Waals surface area contributed by atoms with Crippen molar-refractivity contribution in [3.8, 4) is 0 Å². The van der Waals surface area contributed by atoms with Gasteiger partial charge in [-0.3, -0.25) is 9.98 Å². The maximum atomic E-state index is 3.69. The smallest absolute Gasteiger partial charge is 0.114 e. The zero-order valence-electron chi connectivity index (χ0n) is 12.9. The van der Waals surface area contributed by atoms with Gasteiger partial charge in [0.15, 0.2) is 0 Å². The highest BCUT2D eigenvalue weighted by Gasteiger charge is 1.66. The van der Waals surface area contributed by atoms with Crippen molar-refractivity contribution in [2.24, 2.45) is 15.0 Å². The van der Waals surface area contributed by atoms with E-state index in [-0.39, 0.29) is 0 Å². The Balaban J connectivity index is -0.0000000851. The van der Waals surface area contributed by atoms with E-state index in [0.29, 0.717) is 0 Å². The van der Waals surface area contributed by atoms with Crippen LogP contribution in [0, 0.1) is 0 Å². The third-order valence-corrected chi connectivity index (χ3v) is 0.824. The van der Waals surface area contributed by atoms with E-state index in [4.69, 9.17) is 0 Å². The highest BCUT2D eigenvalue weighted by atomic mass is 14.8. The molecule has 0 bridgehead atoms. The minimum Gasteiger partial charge on any atom is -0.273 e. The molecule has 3 heteroatoms. The van der Waals surface area contributed by atoms with Crippen molar-refractivity contribution in [1.29, 1.82) is 0 Å². The van der Waals surface area contributed by atoms with E-state index in [0.717, 1.165) is 11.3 Å². The van der Waals surface area contributed by atoms with E-state index in [1.54, 1.807) is 19.2 Å². The van der Waals surface area contributed by atoms with Crippen LogP contribution in [0.4, 0.5) is 0 Å². The van der Waals surface area contributed by atoms with E-state index in [1.807, 2.05) is 34.6 Å². The molecule has 0 aliphatic rings. The van der Waals surface area contributed by atoms with Crippen LogP contribution in [-0.4, -0.2) is 19.8 Å². The van der Waals surface area contributed by atoms with Gasteiger partial charge in [0.05, 0.1) is 0 Å². The fourth-order valence-electron chi connectivity index (χ4n) is 0.319. The molecular weight excluding hydrogens is 222 g/mol. The van der Waals surface area contributed by atoms with Crippen molar-refractivity contribution in [2.45, 2.75) is 41.5 Å². The van der Waals surface area contributed by atoms with Crippen LogP contribution in [0.5, 0.6) is 0 Å². The molecular formula is C15H29N3. The van der Waals surface area contributed by atoms with E-state index >= 15 is 0 Å². The molecule has 0 radical (unpaired) electrons. The highest BCUT2D eigenvalue weighted by molar-refractivity contribution is 5.62. The van der Waals surface area contributed by atoms with Crippen LogP contribution < -0.4 is 0 Å². The van der Waals surface area contributed by atoms with Crippen LogP contribution in [0.15, 0.2) is 51.7 Å². The largest absolute Gasteiger partial charge is 0.273 e. The van der Waals surface area contributed by atoms with Crippen LogP contribution in [0.25, 0.3) is 0 Å². The number of nitrogens with zero attached hydrogens (tertiary/aromatic N) is 3. The maximum Gasteiger partial charge on any atom is 0.114 e. The molecule has 0 aliphatic heterocycles. The zero-order chi connectivity index (χ0) is 15.4. The molecule has 0 saturated heterocycles. The Kier molecular flexibility index (Phi) is 41.2. The standard InChI is InChI=1S/C6H9N.C5H8N2.2C2H6/c1-6(2)4-5-7-3;1-5(2)7-4-6-3;2*1-2/h4-5H,1,3H2,2H3;4H,1,3H2,2H3;2*1-2H3/b5-4-;;;. The average Bonchev–Trinajstić information content (AvgIpc) is 2.39. The fraction of sp³-hybridized carbons (Fsp3) is 0.400. The van der Waals surface area contributed by atoms with Crippen molar-refractivity contribution < 1.29 is 0 Å². The van der Waals surface area contributed by atoms with Crippen LogP contribution >= 0.6 is 0 Å². The molecule has 18 heavy (non-hydrogen) atoms. The molecule has 0 aromatic carbocycles. The summed E-state index contributed by atoms with van der Waals surface area (Å²) in [5.74, 6) is 0. The maximum absolute atomic E-state index is 3.69. The first-order valence-electron chi connectivity index (χ1n) is 5.96. The average molecular weight is 251 g/mol. The topological polar surface area (TPSA) is 37.1 Å². The third-order valence-electron chi connectivity index (χ3n) is 0.824. The number of aliphatic imine (C=N–C) groups is 3. The van der Waals surface area contributed by atoms with Gasteiger partial charge >= 0.3 is 0 Å². The summed E-state index contributed by atoms with van der Waals surface area (Å²) >= 11 is 0. The summed E-state index contributed by atoms with van der Waals surface area (Å²) in [6, 6.07) is 0. The van der Waals surface area contributed by atoms with Gasteiger partial charge in [0, 0.05) is 11.9 Å². The normalized spacial score (nSPS) is 7.89. The van der Waals surface area contributed by atoms with Crippen molar-refractivity contribution >= 4 is 19.8 Å². The Morgan fingerprint density at radius 1 is 0.889 bits per heavy atom. The summed E-state index contributed by atoms with van der Waals surface area (Å²) in [6.07, 6.45) is 4.78. The lowest BCUT2D eigenvalue weighted by Crippen LogP contribution is -1.63. The Morgan fingerprint density at radius 3 is 1.44 bits per heavy atom. The second-order valence-electron chi connectivity index (χ2n) is 2.51. The number of hydrogen-bond acceptors (Lipinski definition) is 2. The number of allylic oxidation sites excluding steroid dienone is 3. The molecule has 0 atom stereocenters. The minimum atomic E-state index is 0.743. The molecule has 0 aliphatic carbocycles. The molecule has 0 unspecified atom stereocenters.